The maximum absolute atomic E-state index is 12.7. The molecule has 0 bridgehead atoms. The van der Waals surface area contributed by atoms with Crippen molar-refractivity contribution < 1.29 is 28.6 Å². The molecule has 0 aliphatic carbocycles. The zero-order chi connectivity index (χ0) is 39.4. The second-order valence-corrected chi connectivity index (χ2v) is 14.6. The highest BCUT2D eigenvalue weighted by molar-refractivity contribution is 5.71. The Morgan fingerprint density at radius 2 is 0.722 bits per heavy atom. The molecular formula is C48H82O6. The first-order chi connectivity index (χ1) is 26.5. The van der Waals surface area contributed by atoms with Crippen LogP contribution >= 0.6 is 0 Å². The Balaban J connectivity index is 4.47. The smallest absolute Gasteiger partial charge is 0.306 e. The van der Waals surface area contributed by atoms with Crippen LogP contribution in [-0.2, 0) is 28.6 Å². The number of rotatable bonds is 39. The molecule has 0 N–H and O–H groups in total. The summed E-state index contributed by atoms with van der Waals surface area (Å²) < 4.78 is 16.6. The molecule has 0 saturated carbocycles. The number of esters is 3. The van der Waals surface area contributed by atoms with Crippen molar-refractivity contribution in [1.82, 2.24) is 0 Å². The van der Waals surface area contributed by atoms with Gasteiger partial charge in [0.15, 0.2) is 6.10 Å². The SMILES string of the molecule is CC/C=C\C/C=C\C/C=C\CCCCC(=O)OCC(COC(=O)CCCCCCC/C=C\CCCCC)OC(=O)CCCCCCC/C=C\CCCCC. The number of unbranched alkanes of at least 4 members (excludes halogenated alkanes) is 18. The van der Waals surface area contributed by atoms with Crippen molar-refractivity contribution in [2.45, 2.75) is 213 Å². The minimum absolute atomic E-state index is 0.0947. The molecule has 0 aromatic heterocycles. The van der Waals surface area contributed by atoms with Crippen molar-refractivity contribution in [1.29, 1.82) is 0 Å². The second-order valence-electron chi connectivity index (χ2n) is 14.6. The Morgan fingerprint density at radius 3 is 1.19 bits per heavy atom. The Hall–Kier alpha value is -2.89. The normalized spacial score (nSPS) is 12.6. The van der Waals surface area contributed by atoms with Crippen LogP contribution in [0.1, 0.15) is 207 Å². The lowest BCUT2D eigenvalue weighted by atomic mass is 10.1. The first-order valence-electron chi connectivity index (χ1n) is 22.3. The minimum Gasteiger partial charge on any atom is -0.462 e. The molecule has 0 heterocycles. The van der Waals surface area contributed by atoms with Gasteiger partial charge in [-0.2, -0.15) is 0 Å². The summed E-state index contributed by atoms with van der Waals surface area (Å²) in [6.45, 7) is 6.40. The van der Waals surface area contributed by atoms with Crippen molar-refractivity contribution in [3.8, 4) is 0 Å². The highest BCUT2D eigenvalue weighted by atomic mass is 16.6. The molecule has 0 fully saturated rings. The number of ether oxygens (including phenoxy) is 3. The van der Waals surface area contributed by atoms with Gasteiger partial charge in [-0.15, -0.1) is 0 Å². The van der Waals surface area contributed by atoms with Gasteiger partial charge in [-0.25, -0.2) is 0 Å². The van der Waals surface area contributed by atoms with Crippen LogP contribution < -0.4 is 0 Å². The van der Waals surface area contributed by atoms with E-state index < -0.39 is 6.10 Å². The molecule has 6 heteroatoms. The zero-order valence-electron chi connectivity index (χ0n) is 35.2. The van der Waals surface area contributed by atoms with E-state index in [-0.39, 0.29) is 31.1 Å². The summed E-state index contributed by atoms with van der Waals surface area (Å²) in [6.07, 6.45) is 50.6. The fraction of sp³-hybridized carbons (Fsp3) is 0.729. The molecular weight excluding hydrogens is 673 g/mol. The molecule has 1 unspecified atom stereocenters. The lowest BCUT2D eigenvalue weighted by Gasteiger charge is -2.18. The molecule has 6 nitrogen and oxygen atoms in total. The summed E-state index contributed by atoms with van der Waals surface area (Å²) >= 11 is 0. The Bertz CT molecular complexity index is 1010. The van der Waals surface area contributed by atoms with E-state index in [0.717, 1.165) is 96.3 Å². The Kier molecular flexibility index (Phi) is 40.6. The van der Waals surface area contributed by atoms with E-state index in [0.29, 0.717) is 19.3 Å². The van der Waals surface area contributed by atoms with E-state index in [9.17, 15) is 14.4 Å². The van der Waals surface area contributed by atoms with Crippen LogP contribution in [0.2, 0.25) is 0 Å². The van der Waals surface area contributed by atoms with Gasteiger partial charge in [0.1, 0.15) is 13.2 Å². The molecule has 0 aliphatic heterocycles. The second kappa shape index (κ2) is 42.8. The highest BCUT2D eigenvalue weighted by Gasteiger charge is 2.19. The van der Waals surface area contributed by atoms with Crippen LogP contribution in [0.15, 0.2) is 60.8 Å². The van der Waals surface area contributed by atoms with Crippen molar-refractivity contribution in [2.24, 2.45) is 0 Å². The standard InChI is InChI=1S/C48H82O6/c1-4-7-10-13-16-19-22-25-28-31-34-37-40-46(49)52-43-45(54-48(51)42-39-36-33-30-27-24-21-18-15-12-9-6-3)44-53-47(50)41-38-35-32-29-26-23-20-17-14-11-8-5-2/h7,10,16-21,25,28,45H,4-6,8-9,11-15,22-24,26-27,29-44H2,1-3H3/b10-7-,19-16-,20-17-,21-18-,28-25-. The summed E-state index contributed by atoms with van der Waals surface area (Å²) in [6, 6.07) is 0. The third-order valence-corrected chi connectivity index (χ3v) is 9.23. The van der Waals surface area contributed by atoms with Crippen molar-refractivity contribution in [3.05, 3.63) is 60.8 Å². The molecule has 0 rings (SSSR count). The van der Waals surface area contributed by atoms with Crippen LogP contribution in [0.25, 0.3) is 0 Å². The van der Waals surface area contributed by atoms with Gasteiger partial charge in [0.05, 0.1) is 0 Å². The highest BCUT2D eigenvalue weighted by Crippen LogP contribution is 2.12. The van der Waals surface area contributed by atoms with Gasteiger partial charge in [-0.3, -0.25) is 14.4 Å². The summed E-state index contributed by atoms with van der Waals surface area (Å²) in [4.78, 5) is 37.7. The van der Waals surface area contributed by atoms with Crippen LogP contribution in [0.5, 0.6) is 0 Å². The third kappa shape index (κ3) is 40.3. The first kappa shape index (κ1) is 51.1. The lowest BCUT2D eigenvalue weighted by Crippen LogP contribution is -2.30. The fourth-order valence-corrected chi connectivity index (χ4v) is 5.85. The predicted molar refractivity (Wildman–Crippen MR) is 228 cm³/mol. The van der Waals surface area contributed by atoms with Crippen molar-refractivity contribution in [3.63, 3.8) is 0 Å². The summed E-state index contributed by atoms with van der Waals surface area (Å²) in [7, 11) is 0. The van der Waals surface area contributed by atoms with Gasteiger partial charge < -0.3 is 14.2 Å². The third-order valence-electron chi connectivity index (χ3n) is 9.23. The van der Waals surface area contributed by atoms with Gasteiger partial charge >= 0.3 is 17.9 Å². The number of hydrogen-bond acceptors (Lipinski definition) is 6. The molecule has 0 spiro atoms. The molecule has 1 atom stereocenters. The number of allylic oxidation sites excluding steroid dienone is 10. The van der Waals surface area contributed by atoms with E-state index in [1.54, 1.807) is 0 Å². The average molecular weight is 755 g/mol. The average Bonchev–Trinajstić information content (AvgIpc) is 3.17. The number of hydrogen-bond donors (Lipinski definition) is 0. The molecule has 0 amide bonds. The van der Waals surface area contributed by atoms with E-state index in [2.05, 4.69) is 81.5 Å². The molecule has 0 saturated heterocycles. The lowest BCUT2D eigenvalue weighted by molar-refractivity contribution is -0.167. The van der Waals surface area contributed by atoms with E-state index >= 15 is 0 Å². The van der Waals surface area contributed by atoms with Gasteiger partial charge in [-0.1, -0.05) is 146 Å². The molecule has 0 aromatic rings. The van der Waals surface area contributed by atoms with Crippen LogP contribution in [0, 0.1) is 0 Å². The summed E-state index contributed by atoms with van der Waals surface area (Å²) in [5.41, 5.74) is 0. The van der Waals surface area contributed by atoms with Gasteiger partial charge in [-0.05, 0) is 103 Å². The largest absolute Gasteiger partial charge is 0.462 e. The topological polar surface area (TPSA) is 78.9 Å². The van der Waals surface area contributed by atoms with E-state index in [1.165, 1.54) is 70.6 Å². The minimum atomic E-state index is -0.794. The maximum atomic E-state index is 12.7. The molecule has 310 valence electrons. The van der Waals surface area contributed by atoms with Gasteiger partial charge in [0.25, 0.3) is 0 Å². The summed E-state index contributed by atoms with van der Waals surface area (Å²) in [5.74, 6) is -0.959. The van der Waals surface area contributed by atoms with Crippen LogP contribution in [0.3, 0.4) is 0 Å². The van der Waals surface area contributed by atoms with Gasteiger partial charge in [0.2, 0.25) is 0 Å². The predicted octanol–water partition coefficient (Wildman–Crippen LogP) is 14.1. The Labute approximate surface area is 332 Å². The zero-order valence-corrected chi connectivity index (χ0v) is 35.2. The first-order valence-corrected chi connectivity index (χ1v) is 22.3. The molecule has 0 radical (unpaired) electrons. The molecule has 0 aromatic carbocycles. The Morgan fingerprint density at radius 1 is 0.389 bits per heavy atom. The maximum Gasteiger partial charge on any atom is 0.306 e. The monoisotopic (exact) mass is 755 g/mol. The van der Waals surface area contributed by atoms with Gasteiger partial charge in [0, 0.05) is 19.3 Å². The van der Waals surface area contributed by atoms with Crippen molar-refractivity contribution >= 4 is 17.9 Å². The number of carbonyl (C=O) groups is 3. The molecule has 54 heavy (non-hydrogen) atoms. The fourth-order valence-electron chi connectivity index (χ4n) is 5.85. The molecule has 0 aliphatic rings. The van der Waals surface area contributed by atoms with E-state index in [4.69, 9.17) is 14.2 Å². The number of carbonyl (C=O) groups excluding carboxylic acids is 3. The van der Waals surface area contributed by atoms with E-state index in [1.807, 2.05) is 0 Å². The van der Waals surface area contributed by atoms with Crippen molar-refractivity contribution in [2.75, 3.05) is 13.2 Å². The summed E-state index contributed by atoms with van der Waals surface area (Å²) in [5, 5.41) is 0. The van der Waals surface area contributed by atoms with Crippen LogP contribution in [-0.4, -0.2) is 37.2 Å². The quantitative estimate of drug-likeness (QED) is 0.0269. The van der Waals surface area contributed by atoms with Crippen LogP contribution in [0.4, 0.5) is 0 Å².